The molecule has 0 atom stereocenters. The smallest absolute Gasteiger partial charge is 0.272 e. The maximum Gasteiger partial charge on any atom is 0.272 e. The van der Waals surface area contributed by atoms with Gasteiger partial charge in [-0.1, -0.05) is 15.9 Å². The molecule has 7 nitrogen and oxygen atoms in total. The van der Waals surface area contributed by atoms with Crippen molar-refractivity contribution in [2.45, 2.75) is 19.9 Å². The van der Waals surface area contributed by atoms with E-state index in [1.807, 2.05) is 25.1 Å². The lowest BCUT2D eigenvalue weighted by molar-refractivity contribution is -0.115. The summed E-state index contributed by atoms with van der Waals surface area (Å²) in [7, 11) is 0. The third kappa shape index (κ3) is 4.59. The minimum Gasteiger partial charge on any atom is -0.342 e. The Morgan fingerprint density at radius 3 is 2.92 bits per heavy atom. The number of carbonyl (C=O) groups is 2. The summed E-state index contributed by atoms with van der Waals surface area (Å²) in [4.78, 5) is 24.3. The first-order valence-electron chi connectivity index (χ1n) is 7.65. The molecule has 1 aliphatic rings. The van der Waals surface area contributed by atoms with Gasteiger partial charge in [0.25, 0.3) is 5.91 Å². The normalized spacial score (nSPS) is 12.7. The number of fused-ring (bicyclic) bond motifs is 1. The van der Waals surface area contributed by atoms with E-state index in [2.05, 4.69) is 42.1 Å². The van der Waals surface area contributed by atoms with Gasteiger partial charge in [0.1, 0.15) is 0 Å². The fourth-order valence-electron chi connectivity index (χ4n) is 2.62. The lowest BCUT2D eigenvalue weighted by Crippen LogP contribution is -2.34. The van der Waals surface area contributed by atoms with Crippen molar-refractivity contribution in [3.05, 3.63) is 45.2 Å². The van der Waals surface area contributed by atoms with Gasteiger partial charge >= 0.3 is 0 Å². The zero-order valence-electron chi connectivity index (χ0n) is 13.6. The molecule has 3 rings (SSSR count). The van der Waals surface area contributed by atoms with Gasteiger partial charge < -0.3 is 16.0 Å². The van der Waals surface area contributed by atoms with Crippen molar-refractivity contribution in [3.8, 4) is 0 Å². The number of aromatic nitrogens is 2. The number of hydrogen-bond acceptors (Lipinski definition) is 4. The highest BCUT2D eigenvalue weighted by atomic mass is 79.9. The highest BCUT2D eigenvalue weighted by Gasteiger charge is 2.21. The lowest BCUT2D eigenvalue weighted by atomic mass is 10.1. The second-order valence-corrected chi connectivity index (χ2v) is 6.56. The van der Waals surface area contributed by atoms with Crippen molar-refractivity contribution in [1.82, 2.24) is 20.8 Å². The molecule has 0 bridgehead atoms. The fraction of sp³-hybridized carbons (Fsp3) is 0.312. The number of benzene rings is 1. The van der Waals surface area contributed by atoms with Crippen LogP contribution >= 0.6 is 28.3 Å². The summed E-state index contributed by atoms with van der Waals surface area (Å²) in [6.45, 7) is 3.27. The average molecular weight is 429 g/mol. The van der Waals surface area contributed by atoms with Crippen LogP contribution in [0.3, 0.4) is 0 Å². The molecule has 1 aromatic heterocycles. The highest BCUT2D eigenvalue weighted by molar-refractivity contribution is 9.10. The zero-order chi connectivity index (χ0) is 17.1. The summed E-state index contributed by atoms with van der Waals surface area (Å²) in [6, 6.07) is 5.58. The summed E-state index contributed by atoms with van der Waals surface area (Å²) in [5.41, 5.74) is 3.87. The Labute approximate surface area is 159 Å². The molecule has 25 heavy (non-hydrogen) atoms. The Morgan fingerprint density at radius 1 is 1.36 bits per heavy atom. The molecule has 0 saturated carbocycles. The number of nitrogens with one attached hydrogen (secondary N) is 4. The molecule has 0 aliphatic carbocycles. The molecule has 0 radical (unpaired) electrons. The van der Waals surface area contributed by atoms with Crippen molar-refractivity contribution in [1.29, 1.82) is 0 Å². The molecule has 1 aromatic carbocycles. The van der Waals surface area contributed by atoms with Crippen LogP contribution in [0.5, 0.6) is 0 Å². The van der Waals surface area contributed by atoms with E-state index >= 15 is 0 Å². The standard InChI is InChI=1S/C16H18BrN5O2.ClH/c1-9-6-10(17)2-3-12(9)20-14(23)8-19-16(24)15-11-7-18-5-4-13(11)21-22-15;/h2-3,6,18H,4-5,7-8H2,1H3,(H,19,24)(H,20,23)(H,21,22);1H. The quantitative estimate of drug-likeness (QED) is 0.598. The summed E-state index contributed by atoms with van der Waals surface area (Å²) in [5.74, 6) is -0.629. The summed E-state index contributed by atoms with van der Waals surface area (Å²) >= 11 is 3.38. The fourth-order valence-corrected chi connectivity index (χ4v) is 3.09. The minimum absolute atomic E-state index is 0. The molecule has 0 fully saturated rings. The van der Waals surface area contributed by atoms with E-state index < -0.39 is 0 Å². The second-order valence-electron chi connectivity index (χ2n) is 5.65. The monoisotopic (exact) mass is 427 g/mol. The van der Waals surface area contributed by atoms with Crippen molar-refractivity contribution >= 4 is 45.8 Å². The van der Waals surface area contributed by atoms with Crippen LogP contribution in [-0.2, 0) is 17.8 Å². The Bertz CT molecular complexity index is 793. The number of amides is 2. The molecule has 2 aromatic rings. The van der Waals surface area contributed by atoms with Crippen LogP contribution in [-0.4, -0.2) is 35.1 Å². The number of H-pyrrole nitrogens is 1. The van der Waals surface area contributed by atoms with Gasteiger partial charge in [-0.2, -0.15) is 5.10 Å². The molecule has 134 valence electrons. The maximum absolute atomic E-state index is 12.2. The summed E-state index contributed by atoms with van der Waals surface area (Å²) in [6.07, 6.45) is 0.818. The van der Waals surface area contributed by atoms with Crippen molar-refractivity contribution in [2.24, 2.45) is 0 Å². The van der Waals surface area contributed by atoms with E-state index in [9.17, 15) is 9.59 Å². The van der Waals surface area contributed by atoms with E-state index in [0.717, 1.165) is 39.9 Å². The third-order valence-corrected chi connectivity index (χ3v) is 4.39. The van der Waals surface area contributed by atoms with Crippen LogP contribution in [0.15, 0.2) is 22.7 Å². The van der Waals surface area contributed by atoms with Crippen molar-refractivity contribution in [2.75, 3.05) is 18.4 Å². The number of carbonyl (C=O) groups excluding carboxylic acids is 2. The number of rotatable bonds is 4. The number of aryl methyl sites for hydroxylation is 1. The molecule has 4 N–H and O–H groups in total. The SMILES string of the molecule is Cc1cc(Br)ccc1NC(=O)CNC(=O)c1n[nH]c2c1CNCC2.Cl. The zero-order valence-corrected chi connectivity index (χ0v) is 16.0. The number of nitrogens with zero attached hydrogens (tertiary/aromatic N) is 1. The van der Waals surface area contributed by atoms with Crippen LogP contribution in [0, 0.1) is 6.92 Å². The Hall–Kier alpha value is -1.90. The van der Waals surface area contributed by atoms with Crippen LogP contribution in [0.25, 0.3) is 0 Å². The highest BCUT2D eigenvalue weighted by Crippen LogP contribution is 2.20. The molecule has 1 aliphatic heterocycles. The van der Waals surface area contributed by atoms with E-state index in [0.29, 0.717) is 12.2 Å². The van der Waals surface area contributed by atoms with Crippen molar-refractivity contribution < 1.29 is 9.59 Å². The Kier molecular flexibility index (Phi) is 6.57. The van der Waals surface area contributed by atoms with Gasteiger partial charge in [0.15, 0.2) is 5.69 Å². The van der Waals surface area contributed by atoms with Gasteiger partial charge in [0.05, 0.1) is 6.54 Å². The van der Waals surface area contributed by atoms with E-state index in [1.54, 1.807) is 0 Å². The first kappa shape index (κ1) is 19.4. The molecule has 0 saturated heterocycles. The van der Waals surface area contributed by atoms with Crippen LogP contribution < -0.4 is 16.0 Å². The summed E-state index contributed by atoms with van der Waals surface area (Å²) in [5, 5.41) is 15.6. The largest absolute Gasteiger partial charge is 0.342 e. The Morgan fingerprint density at radius 2 is 2.16 bits per heavy atom. The van der Waals surface area contributed by atoms with Gasteiger partial charge in [-0.3, -0.25) is 14.7 Å². The van der Waals surface area contributed by atoms with Crippen LogP contribution in [0.1, 0.15) is 27.3 Å². The predicted octanol–water partition coefficient (Wildman–Crippen LogP) is 1.92. The average Bonchev–Trinajstić information content (AvgIpc) is 2.99. The van der Waals surface area contributed by atoms with E-state index in [-0.39, 0.29) is 30.8 Å². The molecule has 0 unspecified atom stereocenters. The maximum atomic E-state index is 12.2. The van der Waals surface area contributed by atoms with Gasteiger partial charge in [0, 0.05) is 40.9 Å². The molecule has 9 heteroatoms. The van der Waals surface area contributed by atoms with Crippen LogP contribution in [0.2, 0.25) is 0 Å². The van der Waals surface area contributed by atoms with E-state index in [4.69, 9.17) is 0 Å². The number of halogens is 2. The lowest BCUT2D eigenvalue weighted by Gasteiger charge is -2.13. The number of hydrogen-bond donors (Lipinski definition) is 4. The molecule has 0 spiro atoms. The summed E-state index contributed by atoms with van der Waals surface area (Å²) < 4.78 is 0.947. The molecular weight excluding hydrogens is 410 g/mol. The van der Waals surface area contributed by atoms with Gasteiger partial charge in [0.2, 0.25) is 5.91 Å². The molecule has 2 amide bonds. The van der Waals surface area contributed by atoms with Crippen LogP contribution in [0.4, 0.5) is 5.69 Å². The first-order chi connectivity index (χ1) is 11.5. The third-order valence-electron chi connectivity index (χ3n) is 3.89. The molecule has 2 heterocycles. The predicted molar refractivity (Wildman–Crippen MR) is 101 cm³/mol. The van der Waals surface area contributed by atoms with Gasteiger partial charge in [-0.05, 0) is 30.7 Å². The first-order valence-corrected chi connectivity index (χ1v) is 8.45. The second kappa shape index (κ2) is 8.46. The number of anilines is 1. The Balaban J connectivity index is 0.00000225. The van der Waals surface area contributed by atoms with Gasteiger partial charge in [-0.15, -0.1) is 12.4 Å². The molecular formula is C16H19BrClN5O2. The van der Waals surface area contributed by atoms with Crippen molar-refractivity contribution in [3.63, 3.8) is 0 Å². The topological polar surface area (TPSA) is 98.9 Å². The minimum atomic E-state index is -0.348. The van der Waals surface area contributed by atoms with E-state index in [1.165, 1.54) is 0 Å². The van der Waals surface area contributed by atoms with Gasteiger partial charge in [-0.25, -0.2) is 0 Å². The number of aromatic amines is 1.